The normalized spacial score (nSPS) is 11.9. The van der Waals surface area contributed by atoms with Crippen molar-refractivity contribution in [3.8, 4) is 51.0 Å². The van der Waals surface area contributed by atoms with Gasteiger partial charge in [-0.25, -0.2) is 15.0 Å². The van der Waals surface area contributed by atoms with Crippen LogP contribution in [0.1, 0.15) is 0 Å². The highest BCUT2D eigenvalue weighted by Crippen LogP contribution is 2.42. The van der Waals surface area contributed by atoms with Crippen molar-refractivity contribution in [3.63, 3.8) is 0 Å². The summed E-state index contributed by atoms with van der Waals surface area (Å²) in [6.07, 6.45) is 0. The summed E-state index contributed by atoms with van der Waals surface area (Å²) in [6.45, 7) is 0. The van der Waals surface area contributed by atoms with E-state index in [1.165, 1.54) is 0 Å². The lowest BCUT2D eigenvalue weighted by Crippen LogP contribution is -2.00. The van der Waals surface area contributed by atoms with E-state index in [4.69, 9.17) is 23.8 Å². The van der Waals surface area contributed by atoms with Crippen LogP contribution in [0.2, 0.25) is 0 Å². The molecule has 266 valence electrons. The summed E-state index contributed by atoms with van der Waals surface area (Å²) < 4.78 is 15.3. The van der Waals surface area contributed by atoms with Crippen LogP contribution in [0.5, 0.6) is 0 Å². The topological polar surface area (TPSA) is 69.9 Å². The molecule has 0 amide bonds. The molecule has 0 N–H and O–H groups in total. The third-order valence-electron chi connectivity index (χ3n) is 11.1. The summed E-state index contributed by atoms with van der Waals surface area (Å²) in [5.41, 5.74) is 11.5. The maximum absolute atomic E-state index is 6.67. The number of fused-ring (bicyclic) bond motifs is 9. The Morgan fingerprint density at radius 2 is 0.947 bits per heavy atom. The molecule has 0 radical (unpaired) electrons. The van der Waals surface area contributed by atoms with Gasteiger partial charge in [-0.1, -0.05) is 127 Å². The maximum Gasteiger partial charge on any atom is 0.164 e. The fourth-order valence-corrected chi connectivity index (χ4v) is 8.45. The third kappa shape index (κ3) is 4.94. The van der Waals surface area contributed by atoms with Gasteiger partial charge in [0.25, 0.3) is 0 Å². The van der Waals surface area contributed by atoms with Gasteiger partial charge in [-0.15, -0.1) is 0 Å². The van der Waals surface area contributed by atoms with Crippen LogP contribution in [0.3, 0.4) is 0 Å². The van der Waals surface area contributed by atoms with Crippen LogP contribution in [0.15, 0.2) is 191 Å². The van der Waals surface area contributed by atoms with Crippen molar-refractivity contribution in [2.75, 3.05) is 0 Å². The van der Waals surface area contributed by atoms with Crippen molar-refractivity contribution in [1.82, 2.24) is 19.5 Å². The Morgan fingerprint density at radius 1 is 0.351 bits per heavy atom. The monoisotopic (exact) mass is 730 g/mol. The Balaban J connectivity index is 1.05. The Labute approximate surface area is 325 Å². The number of nitrogens with zero attached hydrogens (tertiary/aromatic N) is 4. The Morgan fingerprint density at radius 3 is 1.77 bits per heavy atom. The van der Waals surface area contributed by atoms with Gasteiger partial charge in [-0.3, -0.25) is 0 Å². The first-order valence-electron chi connectivity index (χ1n) is 19.0. The lowest BCUT2D eigenvalue weighted by atomic mass is 10.0. The van der Waals surface area contributed by atoms with Gasteiger partial charge in [0, 0.05) is 49.2 Å². The van der Waals surface area contributed by atoms with Crippen LogP contribution >= 0.6 is 0 Å². The quantitative estimate of drug-likeness (QED) is 0.176. The van der Waals surface area contributed by atoms with Gasteiger partial charge in [-0.05, 0) is 60.2 Å². The number of furan rings is 2. The van der Waals surface area contributed by atoms with E-state index in [1.807, 2.05) is 60.7 Å². The average molecular weight is 731 g/mol. The predicted octanol–water partition coefficient (Wildman–Crippen LogP) is 13.4. The van der Waals surface area contributed by atoms with E-state index >= 15 is 0 Å². The Bertz CT molecular complexity index is 3530. The molecular weight excluding hydrogens is 701 g/mol. The summed E-state index contributed by atoms with van der Waals surface area (Å²) >= 11 is 0. The number of rotatable bonds is 5. The second-order valence-electron chi connectivity index (χ2n) is 14.4. The van der Waals surface area contributed by atoms with Crippen molar-refractivity contribution in [2.45, 2.75) is 0 Å². The van der Waals surface area contributed by atoms with E-state index in [0.29, 0.717) is 17.5 Å². The third-order valence-corrected chi connectivity index (χ3v) is 11.1. The number of hydrogen-bond acceptors (Lipinski definition) is 5. The van der Waals surface area contributed by atoms with Gasteiger partial charge >= 0.3 is 0 Å². The molecule has 0 spiro atoms. The Kier molecular flexibility index (Phi) is 6.83. The minimum Gasteiger partial charge on any atom is -0.456 e. The van der Waals surface area contributed by atoms with Gasteiger partial charge in [0.05, 0.1) is 22.1 Å². The van der Waals surface area contributed by atoms with Crippen molar-refractivity contribution < 1.29 is 8.83 Å². The molecule has 0 aliphatic heterocycles. The summed E-state index contributed by atoms with van der Waals surface area (Å²) in [4.78, 5) is 15.2. The van der Waals surface area contributed by atoms with Crippen molar-refractivity contribution in [2.24, 2.45) is 0 Å². The SMILES string of the molecule is c1ccc(-c2nc(-c3ccc4c(c3)oc3ccccc34)nc(-c3ccc4c(c3)c3ccccc3n4-c3cccc4oc5c(-c6ccccc6)cccc5c34)n2)cc1. The minimum absolute atomic E-state index is 0.581. The van der Waals surface area contributed by atoms with Crippen LogP contribution in [0, 0.1) is 0 Å². The van der Waals surface area contributed by atoms with Gasteiger partial charge in [0.1, 0.15) is 22.3 Å². The second-order valence-corrected chi connectivity index (χ2v) is 14.4. The molecule has 0 unspecified atom stereocenters. The molecule has 12 rings (SSSR count). The number of para-hydroxylation sites is 3. The summed E-state index contributed by atoms with van der Waals surface area (Å²) in [7, 11) is 0. The van der Waals surface area contributed by atoms with Gasteiger partial charge < -0.3 is 13.4 Å². The molecule has 0 bridgehead atoms. The number of aromatic nitrogens is 4. The highest BCUT2D eigenvalue weighted by Gasteiger charge is 2.21. The van der Waals surface area contributed by atoms with Crippen LogP contribution in [-0.2, 0) is 0 Å². The Hall–Kier alpha value is -7.83. The van der Waals surface area contributed by atoms with Gasteiger partial charge in [-0.2, -0.15) is 0 Å². The van der Waals surface area contributed by atoms with E-state index in [1.54, 1.807) is 0 Å². The summed E-state index contributed by atoms with van der Waals surface area (Å²) in [6, 6.07) is 62.7. The van der Waals surface area contributed by atoms with E-state index in [2.05, 4.69) is 126 Å². The highest BCUT2D eigenvalue weighted by molar-refractivity contribution is 6.16. The van der Waals surface area contributed by atoms with Gasteiger partial charge in [0.2, 0.25) is 0 Å². The van der Waals surface area contributed by atoms with Crippen molar-refractivity contribution in [3.05, 3.63) is 182 Å². The van der Waals surface area contributed by atoms with Crippen LogP contribution in [-0.4, -0.2) is 19.5 Å². The smallest absolute Gasteiger partial charge is 0.164 e. The summed E-state index contributed by atoms with van der Waals surface area (Å²) in [5, 5.41) is 6.54. The standard InChI is InChI=1S/C51H30N4O2/c1-3-13-31(14-4-1)35-19-11-20-39-47-43(22-12-24-45(47)57-48(35)39)55-41-21-9-7-17-36(41)40-29-33(26-28-42(40)55)50-52-49(32-15-5-2-6-16-32)53-51(54-50)34-25-27-38-37-18-8-10-23-44(37)56-46(38)30-34/h1-30H. The van der Waals surface area contributed by atoms with E-state index in [9.17, 15) is 0 Å². The number of benzene rings is 8. The second kappa shape index (κ2) is 12.3. The zero-order chi connectivity index (χ0) is 37.5. The van der Waals surface area contributed by atoms with Crippen molar-refractivity contribution >= 4 is 65.7 Å². The largest absolute Gasteiger partial charge is 0.456 e. The molecule has 0 aliphatic carbocycles. The molecule has 4 aromatic heterocycles. The average Bonchev–Trinajstić information content (AvgIpc) is 3.96. The molecule has 0 atom stereocenters. The van der Waals surface area contributed by atoms with Gasteiger partial charge in [0.15, 0.2) is 17.5 Å². The molecule has 57 heavy (non-hydrogen) atoms. The molecule has 0 saturated heterocycles. The molecule has 4 heterocycles. The fraction of sp³-hybridized carbons (Fsp3) is 0. The number of hydrogen-bond donors (Lipinski definition) is 0. The molecule has 6 nitrogen and oxygen atoms in total. The fourth-order valence-electron chi connectivity index (χ4n) is 8.45. The first-order valence-corrected chi connectivity index (χ1v) is 19.0. The van der Waals surface area contributed by atoms with E-state index < -0.39 is 0 Å². The first kappa shape index (κ1) is 31.5. The molecular formula is C51H30N4O2. The molecule has 12 aromatic rings. The first-order chi connectivity index (χ1) is 28.2. The predicted molar refractivity (Wildman–Crippen MR) is 230 cm³/mol. The molecule has 0 saturated carbocycles. The lowest BCUT2D eigenvalue weighted by molar-refractivity contribution is 0.669. The lowest BCUT2D eigenvalue weighted by Gasteiger charge is -2.11. The molecule has 0 aliphatic rings. The molecule has 0 fully saturated rings. The zero-order valence-electron chi connectivity index (χ0n) is 30.4. The highest BCUT2D eigenvalue weighted by atomic mass is 16.3. The summed E-state index contributed by atoms with van der Waals surface area (Å²) in [5.74, 6) is 1.78. The molecule has 6 heteroatoms. The van der Waals surface area contributed by atoms with Crippen LogP contribution < -0.4 is 0 Å². The maximum atomic E-state index is 6.67. The van der Waals surface area contributed by atoms with E-state index in [0.717, 1.165) is 99.2 Å². The van der Waals surface area contributed by atoms with Crippen LogP contribution in [0.4, 0.5) is 0 Å². The van der Waals surface area contributed by atoms with Crippen molar-refractivity contribution in [1.29, 1.82) is 0 Å². The minimum atomic E-state index is 0.581. The molecule has 8 aromatic carbocycles. The zero-order valence-corrected chi connectivity index (χ0v) is 30.4. The van der Waals surface area contributed by atoms with Crippen LogP contribution in [0.25, 0.3) is 117 Å². The van der Waals surface area contributed by atoms with E-state index in [-0.39, 0.29) is 0 Å².